The molecule has 10 heteroatoms. The summed E-state index contributed by atoms with van der Waals surface area (Å²) < 4.78 is 7.12. The van der Waals surface area contributed by atoms with Gasteiger partial charge in [0.1, 0.15) is 6.04 Å². The number of Topliss-reactive ketones (excluding diaryl/α,β-unsaturated/α-hetero) is 1. The van der Waals surface area contributed by atoms with E-state index in [0.717, 1.165) is 37.6 Å². The summed E-state index contributed by atoms with van der Waals surface area (Å²) >= 11 is 0. The fourth-order valence-corrected chi connectivity index (χ4v) is 4.93. The van der Waals surface area contributed by atoms with Gasteiger partial charge in [0.2, 0.25) is 5.78 Å². The van der Waals surface area contributed by atoms with E-state index in [2.05, 4.69) is 20.3 Å². The van der Waals surface area contributed by atoms with E-state index in [1.807, 2.05) is 36.4 Å². The average molecular weight is 489 g/mol. The van der Waals surface area contributed by atoms with Gasteiger partial charge in [-0.2, -0.15) is 5.10 Å². The van der Waals surface area contributed by atoms with Gasteiger partial charge in [-0.3, -0.25) is 19.3 Å². The van der Waals surface area contributed by atoms with Crippen molar-refractivity contribution in [3.8, 4) is 5.82 Å². The Balaban J connectivity index is 1.32. The highest BCUT2D eigenvalue weighted by Gasteiger charge is 2.37. The van der Waals surface area contributed by atoms with E-state index >= 15 is 0 Å². The molecule has 0 aliphatic carbocycles. The molecule has 0 bridgehead atoms. The van der Waals surface area contributed by atoms with Crippen LogP contribution >= 0.6 is 0 Å². The molecule has 5 rings (SSSR count). The van der Waals surface area contributed by atoms with E-state index in [0.29, 0.717) is 24.2 Å². The summed E-state index contributed by atoms with van der Waals surface area (Å²) in [6.07, 6.45) is 3.48. The number of primary amides is 1. The lowest BCUT2D eigenvalue weighted by Crippen LogP contribution is -2.47. The Morgan fingerprint density at radius 3 is 2.53 bits per heavy atom. The number of benzene rings is 1. The molecule has 2 aliphatic heterocycles. The van der Waals surface area contributed by atoms with Gasteiger partial charge in [0, 0.05) is 50.3 Å². The van der Waals surface area contributed by atoms with Gasteiger partial charge in [-0.25, -0.2) is 9.67 Å². The van der Waals surface area contributed by atoms with Crippen molar-refractivity contribution in [2.45, 2.75) is 19.0 Å². The number of carbonyl (C=O) groups is 3. The third-order valence-electron chi connectivity index (χ3n) is 6.74. The van der Waals surface area contributed by atoms with Crippen molar-refractivity contribution in [2.24, 2.45) is 17.6 Å². The predicted octanol–water partition coefficient (Wildman–Crippen LogP) is 0.741. The summed E-state index contributed by atoms with van der Waals surface area (Å²) in [6.45, 7) is 4.34. The third-order valence-corrected chi connectivity index (χ3v) is 6.74. The number of nitrogens with two attached hydrogens (primary N) is 1. The maximum absolute atomic E-state index is 13.2. The van der Waals surface area contributed by atoms with E-state index < -0.39 is 23.6 Å². The van der Waals surface area contributed by atoms with Crippen molar-refractivity contribution < 1.29 is 19.1 Å². The standard InChI is InChI=1S/C26H28N6O4/c27-24(34)23(33)22(11-17-5-2-1-3-6-17)29-26(35)21-7-4-9-28-25(21)32-10-8-20(30-32)14-31-12-18-15-36-16-19(18)13-31/h1-10,18-19,22H,11-16H2,(H2,27,34)(H,29,35). The van der Waals surface area contributed by atoms with Gasteiger partial charge in [0.05, 0.1) is 24.5 Å². The summed E-state index contributed by atoms with van der Waals surface area (Å²) in [5, 5.41) is 7.32. The number of pyridine rings is 1. The molecule has 1 aromatic carbocycles. The summed E-state index contributed by atoms with van der Waals surface area (Å²) in [5.41, 5.74) is 7.14. The monoisotopic (exact) mass is 488 g/mol. The molecule has 0 saturated carbocycles. The molecule has 2 aliphatic rings. The van der Waals surface area contributed by atoms with Crippen molar-refractivity contribution >= 4 is 17.6 Å². The van der Waals surface area contributed by atoms with Crippen LogP contribution in [0.3, 0.4) is 0 Å². The summed E-state index contributed by atoms with van der Waals surface area (Å²) in [4.78, 5) is 44.1. The van der Waals surface area contributed by atoms with Crippen LogP contribution in [-0.2, 0) is 27.3 Å². The molecule has 4 heterocycles. The molecule has 0 radical (unpaired) electrons. The van der Waals surface area contributed by atoms with Crippen molar-refractivity contribution in [3.63, 3.8) is 0 Å². The van der Waals surface area contributed by atoms with Crippen LogP contribution in [0.5, 0.6) is 0 Å². The topological polar surface area (TPSA) is 132 Å². The van der Waals surface area contributed by atoms with Crippen molar-refractivity contribution in [3.05, 3.63) is 77.7 Å². The largest absolute Gasteiger partial charge is 0.381 e. The zero-order chi connectivity index (χ0) is 25.1. The molecule has 2 aromatic heterocycles. The molecule has 3 N–H and O–H groups in total. The molecular formula is C26H28N6O4. The lowest BCUT2D eigenvalue weighted by atomic mass is 10.0. The first-order valence-corrected chi connectivity index (χ1v) is 12.0. The lowest BCUT2D eigenvalue weighted by Gasteiger charge is -2.17. The number of hydrogen-bond acceptors (Lipinski definition) is 7. The summed E-state index contributed by atoms with van der Waals surface area (Å²) in [6, 6.07) is 13.2. The first-order chi connectivity index (χ1) is 17.5. The molecule has 2 fully saturated rings. The number of hydrogen-bond donors (Lipinski definition) is 2. The molecular weight excluding hydrogens is 460 g/mol. The summed E-state index contributed by atoms with van der Waals surface area (Å²) in [5.74, 6) is -0.997. The number of aromatic nitrogens is 3. The van der Waals surface area contributed by atoms with Crippen LogP contribution in [0.4, 0.5) is 0 Å². The van der Waals surface area contributed by atoms with Gasteiger partial charge in [0.25, 0.3) is 11.8 Å². The van der Waals surface area contributed by atoms with Gasteiger partial charge < -0.3 is 15.8 Å². The average Bonchev–Trinajstić information content (AvgIpc) is 3.61. The number of nitrogens with one attached hydrogen (secondary N) is 1. The number of carbonyl (C=O) groups excluding carboxylic acids is 3. The van der Waals surface area contributed by atoms with E-state index in [9.17, 15) is 14.4 Å². The highest BCUT2D eigenvalue weighted by atomic mass is 16.5. The fourth-order valence-electron chi connectivity index (χ4n) is 4.93. The minimum absolute atomic E-state index is 0.138. The number of likely N-dealkylation sites (tertiary alicyclic amines) is 1. The number of rotatable bonds is 9. The Kier molecular flexibility index (Phi) is 6.88. The Morgan fingerprint density at radius 2 is 1.81 bits per heavy atom. The van der Waals surface area contributed by atoms with E-state index in [1.54, 1.807) is 29.2 Å². The number of ketones is 1. The fraction of sp³-hybridized carbons (Fsp3) is 0.346. The number of nitrogens with zero attached hydrogens (tertiary/aromatic N) is 4. The lowest BCUT2D eigenvalue weighted by molar-refractivity contribution is -0.137. The van der Waals surface area contributed by atoms with Crippen molar-refractivity contribution in [1.29, 1.82) is 0 Å². The SMILES string of the molecule is NC(=O)C(=O)C(Cc1ccccc1)NC(=O)c1cccnc1-n1ccc(CN2CC3COCC3C2)n1. The second-order valence-corrected chi connectivity index (χ2v) is 9.32. The van der Waals surface area contributed by atoms with Crippen LogP contribution in [0.15, 0.2) is 60.9 Å². The summed E-state index contributed by atoms with van der Waals surface area (Å²) in [7, 11) is 0. The van der Waals surface area contributed by atoms with Crippen LogP contribution in [0, 0.1) is 11.8 Å². The predicted molar refractivity (Wildman–Crippen MR) is 130 cm³/mol. The number of ether oxygens (including phenoxy) is 1. The van der Waals surface area contributed by atoms with Gasteiger partial charge in [-0.05, 0) is 23.8 Å². The molecule has 2 amide bonds. The zero-order valence-corrected chi connectivity index (χ0v) is 19.7. The van der Waals surface area contributed by atoms with E-state index in [-0.39, 0.29) is 12.0 Å². The molecule has 36 heavy (non-hydrogen) atoms. The van der Waals surface area contributed by atoms with E-state index in [4.69, 9.17) is 10.5 Å². The van der Waals surface area contributed by atoms with Gasteiger partial charge in [-0.15, -0.1) is 0 Å². The number of fused-ring (bicyclic) bond motifs is 1. The molecule has 0 spiro atoms. The normalized spacial score (nSPS) is 20.1. The minimum Gasteiger partial charge on any atom is -0.381 e. The first-order valence-electron chi connectivity index (χ1n) is 12.0. The van der Waals surface area contributed by atoms with Crippen molar-refractivity contribution in [1.82, 2.24) is 25.0 Å². The zero-order valence-electron chi connectivity index (χ0n) is 19.7. The Labute approximate surface area is 208 Å². The maximum Gasteiger partial charge on any atom is 0.287 e. The van der Waals surface area contributed by atoms with Gasteiger partial charge in [0.15, 0.2) is 5.82 Å². The Morgan fingerprint density at radius 1 is 1.06 bits per heavy atom. The molecule has 3 atom stereocenters. The van der Waals surface area contributed by atoms with Crippen LogP contribution in [0.1, 0.15) is 21.6 Å². The molecule has 2 saturated heterocycles. The van der Waals surface area contributed by atoms with Crippen LogP contribution in [0.25, 0.3) is 5.82 Å². The number of amides is 2. The molecule has 3 aromatic rings. The van der Waals surface area contributed by atoms with E-state index in [1.165, 1.54) is 0 Å². The quantitative estimate of drug-likeness (QED) is 0.425. The third kappa shape index (κ3) is 5.19. The van der Waals surface area contributed by atoms with Crippen molar-refractivity contribution in [2.75, 3.05) is 26.3 Å². The van der Waals surface area contributed by atoms with Crippen LogP contribution < -0.4 is 11.1 Å². The molecule has 10 nitrogen and oxygen atoms in total. The maximum atomic E-state index is 13.2. The van der Waals surface area contributed by atoms with Crippen LogP contribution in [0.2, 0.25) is 0 Å². The Bertz CT molecular complexity index is 1250. The highest BCUT2D eigenvalue weighted by Crippen LogP contribution is 2.29. The molecule has 3 unspecified atom stereocenters. The minimum atomic E-state index is -1.10. The highest BCUT2D eigenvalue weighted by molar-refractivity contribution is 6.38. The van der Waals surface area contributed by atoms with Gasteiger partial charge in [-0.1, -0.05) is 30.3 Å². The Hall–Kier alpha value is -3.89. The van der Waals surface area contributed by atoms with Crippen LogP contribution in [-0.4, -0.2) is 69.6 Å². The second-order valence-electron chi connectivity index (χ2n) is 9.32. The van der Waals surface area contributed by atoms with Gasteiger partial charge >= 0.3 is 0 Å². The second kappa shape index (κ2) is 10.4. The first kappa shape index (κ1) is 23.8. The molecule has 186 valence electrons. The smallest absolute Gasteiger partial charge is 0.287 e.